The minimum absolute atomic E-state index is 0.0331. The number of rotatable bonds is 5. The van der Waals surface area contributed by atoms with Gasteiger partial charge in [-0.25, -0.2) is 4.98 Å². The molecule has 24 heavy (non-hydrogen) atoms. The van der Waals surface area contributed by atoms with E-state index in [2.05, 4.69) is 20.5 Å². The Kier molecular flexibility index (Phi) is 4.18. The van der Waals surface area contributed by atoms with Gasteiger partial charge in [-0.2, -0.15) is 5.10 Å². The van der Waals surface area contributed by atoms with E-state index in [0.717, 1.165) is 5.56 Å². The molecule has 1 amide bonds. The number of H-pyrrole nitrogens is 1. The first kappa shape index (κ1) is 15.9. The van der Waals surface area contributed by atoms with Gasteiger partial charge in [-0.05, 0) is 38.1 Å². The van der Waals surface area contributed by atoms with E-state index in [1.54, 1.807) is 44.2 Å². The van der Waals surface area contributed by atoms with Crippen molar-refractivity contribution in [3.05, 3.63) is 59.8 Å². The summed E-state index contributed by atoms with van der Waals surface area (Å²) in [5, 5.41) is 19.7. The Morgan fingerprint density at radius 1 is 1.38 bits per heavy atom. The zero-order chi connectivity index (χ0) is 17.2. The maximum absolute atomic E-state index is 12.4. The Morgan fingerprint density at radius 2 is 2.21 bits per heavy atom. The maximum Gasteiger partial charge on any atom is 0.251 e. The van der Waals surface area contributed by atoms with Crippen LogP contribution in [0, 0.1) is 6.92 Å². The van der Waals surface area contributed by atoms with E-state index in [-0.39, 0.29) is 12.5 Å². The van der Waals surface area contributed by atoms with Crippen molar-refractivity contribution < 1.29 is 14.3 Å². The van der Waals surface area contributed by atoms with Gasteiger partial charge in [0.1, 0.15) is 23.4 Å². The van der Waals surface area contributed by atoms with Crippen molar-refractivity contribution in [2.24, 2.45) is 0 Å². The summed E-state index contributed by atoms with van der Waals surface area (Å²) in [7, 11) is 0. The van der Waals surface area contributed by atoms with Crippen LogP contribution in [0.4, 0.5) is 0 Å². The van der Waals surface area contributed by atoms with Crippen LogP contribution in [0.3, 0.4) is 0 Å². The van der Waals surface area contributed by atoms with Crippen molar-refractivity contribution in [1.82, 2.24) is 20.5 Å². The molecule has 0 radical (unpaired) electrons. The van der Waals surface area contributed by atoms with E-state index < -0.39 is 5.60 Å². The third-order valence-corrected chi connectivity index (χ3v) is 3.68. The number of carbonyl (C=O) groups excluding carboxylic acids is 1. The lowest BCUT2D eigenvalue weighted by molar-refractivity contribution is 0.0323. The largest absolute Gasteiger partial charge is 0.463 e. The van der Waals surface area contributed by atoms with Crippen LogP contribution >= 0.6 is 0 Å². The number of nitrogens with one attached hydrogen (secondary N) is 2. The fourth-order valence-corrected chi connectivity index (χ4v) is 2.32. The smallest absolute Gasteiger partial charge is 0.251 e. The molecule has 0 fully saturated rings. The molecule has 3 N–H and O–H groups in total. The van der Waals surface area contributed by atoms with E-state index in [1.165, 1.54) is 6.33 Å². The van der Waals surface area contributed by atoms with Gasteiger partial charge in [0.25, 0.3) is 5.91 Å². The number of hydrogen-bond donors (Lipinski definition) is 3. The van der Waals surface area contributed by atoms with E-state index in [1.807, 2.05) is 6.07 Å². The van der Waals surface area contributed by atoms with Gasteiger partial charge in [-0.1, -0.05) is 12.1 Å². The number of aryl methyl sites for hydroxylation is 1. The molecule has 1 aromatic carbocycles. The van der Waals surface area contributed by atoms with Crippen LogP contribution in [-0.2, 0) is 5.60 Å². The molecular formula is C17H18N4O3. The average Bonchev–Trinajstić information content (AvgIpc) is 3.24. The van der Waals surface area contributed by atoms with Crippen LogP contribution in [0.15, 0.2) is 47.1 Å². The number of hydrogen-bond acceptors (Lipinski definition) is 5. The van der Waals surface area contributed by atoms with Crippen molar-refractivity contribution in [3.8, 4) is 11.4 Å². The number of furan rings is 1. The Morgan fingerprint density at radius 3 is 2.88 bits per heavy atom. The van der Waals surface area contributed by atoms with Gasteiger partial charge in [0.15, 0.2) is 5.82 Å². The molecule has 0 bridgehead atoms. The molecule has 0 spiro atoms. The van der Waals surface area contributed by atoms with Gasteiger partial charge >= 0.3 is 0 Å². The van der Waals surface area contributed by atoms with Crippen LogP contribution in [-0.4, -0.2) is 32.7 Å². The monoisotopic (exact) mass is 326 g/mol. The molecule has 1 atom stereocenters. The Labute approximate surface area is 138 Å². The molecule has 7 nitrogen and oxygen atoms in total. The third kappa shape index (κ3) is 3.36. The van der Waals surface area contributed by atoms with Gasteiger partial charge in [0, 0.05) is 11.1 Å². The molecule has 3 aromatic rings. The molecule has 0 saturated carbocycles. The molecule has 0 aliphatic carbocycles. The predicted octanol–water partition coefficient (Wildman–Crippen LogP) is 2.01. The number of aromatic amines is 1. The van der Waals surface area contributed by atoms with Crippen molar-refractivity contribution in [2.45, 2.75) is 19.4 Å². The standard InChI is InChI=1S/C17H18N4O3/c1-11-6-7-14(24-11)17(2,23)9-18-16(22)13-5-3-4-12(8-13)15-19-10-20-21-15/h3-8,10,23H,9H2,1-2H3,(H,18,22)(H,19,20,21). The summed E-state index contributed by atoms with van der Waals surface area (Å²) in [6.45, 7) is 3.43. The summed E-state index contributed by atoms with van der Waals surface area (Å²) < 4.78 is 5.43. The fraction of sp³-hybridized carbons (Fsp3) is 0.235. The van der Waals surface area contributed by atoms with Crippen LogP contribution in [0.5, 0.6) is 0 Å². The summed E-state index contributed by atoms with van der Waals surface area (Å²) in [5.41, 5.74) is -0.0594. The highest BCUT2D eigenvalue weighted by Gasteiger charge is 2.27. The third-order valence-electron chi connectivity index (χ3n) is 3.68. The summed E-state index contributed by atoms with van der Waals surface area (Å²) in [6, 6.07) is 10.5. The van der Waals surface area contributed by atoms with E-state index in [0.29, 0.717) is 22.9 Å². The van der Waals surface area contributed by atoms with Crippen LogP contribution in [0.25, 0.3) is 11.4 Å². The van der Waals surface area contributed by atoms with Crippen molar-refractivity contribution in [1.29, 1.82) is 0 Å². The molecular weight excluding hydrogens is 308 g/mol. The predicted molar refractivity (Wildman–Crippen MR) is 87.2 cm³/mol. The number of amides is 1. The van der Waals surface area contributed by atoms with Crippen molar-refractivity contribution in [2.75, 3.05) is 6.54 Å². The lowest BCUT2D eigenvalue weighted by Crippen LogP contribution is -2.38. The normalized spacial score (nSPS) is 13.5. The molecule has 0 aliphatic rings. The van der Waals surface area contributed by atoms with E-state index >= 15 is 0 Å². The van der Waals surface area contributed by atoms with Crippen molar-refractivity contribution in [3.63, 3.8) is 0 Å². The first-order valence-corrected chi connectivity index (χ1v) is 7.49. The summed E-state index contributed by atoms with van der Waals surface area (Å²) >= 11 is 0. The number of benzene rings is 1. The highest BCUT2D eigenvalue weighted by Crippen LogP contribution is 2.22. The first-order chi connectivity index (χ1) is 11.5. The summed E-state index contributed by atoms with van der Waals surface area (Å²) in [5.74, 6) is 1.41. The van der Waals surface area contributed by atoms with Crippen LogP contribution in [0.2, 0.25) is 0 Å². The molecule has 2 aromatic heterocycles. The molecule has 1 unspecified atom stereocenters. The number of nitrogens with zero attached hydrogens (tertiary/aromatic N) is 2. The highest BCUT2D eigenvalue weighted by atomic mass is 16.4. The van der Waals surface area contributed by atoms with E-state index in [9.17, 15) is 9.90 Å². The Balaban J connectivity index is 1.70. The minimum atomic E-state index is -1.29. The molecule has 0 saturated heterocycles. The molecule has 3 rings (SSSR count). The molecule has 7 heteroatoms. The van der Waals surface area contributed by atoms with Gasteiger partial charge in [-0.3, -0.25) is 9.89 Å². The summed E-state index contributed by atoms with van der Waals surface area (Å²) in [6.07, 6.45) is 1.41. The van der Waals surface area contributed by atoms with Crippen LogP contribution in [0.1, 0.15) is 28.8 Å². The lowest BCUT2D eigenvalue weighted by Gasteiger charge is -2.21. The zero-order valence-electron chi connectivity index (χ0n) is 13.4. The van der Waals surface area contributed by atoms with Crippen molar-refractivity contribution >= 4 is 5.91 Å². The van der Waals surface area contributed by atoms with Gasteiger partial charge in [0.05, 0.1) is 6.54 Å². The van der Waals surface area contributed by atoms with Gasteiger partial charge in [0.2, 0.25) is 0 Å². The number of aliphatic hydroxyl groups is 1. The van der Waals surface area contributed by atoms with Crippen LogP contribution < -0.4 is 5.32 Å². The SMILES string of the molecule is Cc1ccc(C(C)(O)CNC(=O)c2cccc(-c3ncn[nH]3)c2)o1. The molecule has 0 aliphatic heterocycles. The second-order valence-electron chi connectivity index (χ2n) is 5.78. The molecule has 2 heterocycles. The Bertz CT molecular complexity index is 837. The quantitative estimate of drug-likeness (QED) is 0.665. The van der Waals surface area contributed by atoms with E-state index in [4.69, 9.17) is 4.42 Å². The Hall–Kier alpha value is -2.93. The second kappa shape index (κ2) is 6.29. The number of aromatic nitrogens is 3. The zero-order valence-corrected chi connectivity index (χ0v) is 13.4. The fourth-order valence-electron chi connectivity index (χ4n) is 2.32. The average molecular weight is 326 g/mol. The van der Waals surface area contributed by atoms with Gasteiger partial charge < -0.3 is 14.8 Å². The topological polar surface area (TPSA) is 104 Å². The maximum atomic E-state index is 12.4. The molecule has 124 valence electrons. The van der Waals surface area contributed by atoms with Gasteiger partial charge in [-0.15, -0.1) is 0 Å². The first-order valence-electron chi connectivity index (χ1n) is 7.49. The highest BCUT2D eigenvalue weighted by molar-refractivity contribution is 5.95. The lowest BCUT2D eigenvalue weighted by atomic mass is 10.0. The minimum Gasteiger partial charge on any atom is -0.463 e. The summed E-state index contributed by atoms with van der Waals surface area (Å²) in [4.78, 5) is 16.4. The second-order valence-corrected chi connectivity index (χ2v) is 5.78. The number of carbonyl (C=O) groups is 1.